The van der Waals surface area contributed by atoms with Gasteiger partial charge in [-0.25, -0.2) is 4.39 Å². The molecule has 2 aromatic carbocycles. The molecule has 120 valence electrons. The van der Waals surface area contributed by atoms with E-state index in [1.54, 1.807) is 12.1 Å². The van der Waals surface area contributed by atoms with Gasteiger partial charge in [0.25, 0.3) is 0 Å². The van der Waals surface area contributed by atoms with E-state index < -0.39 is 0 Å². The van der Waals surface area contributed by atoms with Crippen LogP contribution in [0.1, 0.15) is 5.56 Å². The minimum absolute atomic E-state index is 0.0188. The molecule has 1 fully saturated rings. The summed E-state index contributed by atoms with van der Waals surface area (Å²) in [5, 5.41) is 0. The molecule has 3 nitrogen and oxygen atoms in total. The van der Waals surface area contributed by atoms with Crippen LogP contribution in [-0.2, 0) is 11.2 Å². The van der Waals surface area contributed by atoms with E-state index in [0.29, 0.717) is 18.7 Å². The smallest absolute Gasteiger partial charge is 0.227 e. The van der Waals surface area contributed by atoms with Gasteiger partial charge in [0.2, 0.25) is 5.91 Å². The molecule has 1 aliphatic rings. The lowest BCUT2D eigenvalue weighted by Gasteiger charge is -2.36. The van der Waals surface area contributed by atoms with E-state index in [1.807, 2.05) is 23.1 Å². The molecule has 3 rings (SSSR count). The number of anilines is 1. The van der Waals surface area contributed by atoms with Crippen molar-refractivity contribution in [3.05, 3.63) is 64.4 Å². The first-order chi connectivity index (χ1) is 11.1. The SMILES string of the molecule is O=C(Cc1cc(Br)ccc1F)N1CCN(c2ccccc2)CC1. The number of halogens is 2. The third-order valence-corrected chi connectivity index (χ3v) is 4.60. The second kappa shape index (κ2) is 7.13. The molecule has 2 aromatic rings. The van der Waals surface area contributed by atoms with E-state index in [-0.39, 0.29) is 18.1 Å². The number of rotatable bonds is 3. The monoisotopic (exact) mass is 376 g/mol. The van der Waals surface area contributed by atoms with Gasteiger partial charge in [0.05, 0.1) is 6.42 Å². The van der Waals surface area contributed by atoms with Crippen molar-refractivity contribution in [2.45, 2.75) is 6.42 Å². The van der Waals surface area contributed by atoms with Crippen LogP contribution in [0.15, 0.2) is 53.0 Å². The van der Waals surface area contributed by atoms with E-state index in [9.17, 15) is 9.18 Å². The molecule has 0 radical (unpaired) electrons. The van der Waals surface area contributed by atoms with Crippen LogP contribution in [0.5, 0.6) is 0 Å². The highest BCUT2D eigenvalue weighted by atomic mass is 79.9. The Morgan fingerprint density at radius 2 is 1.74 bits per heavy atom. The number of carbonyl (C=O) groups is 1. The molecule has 5 heteroatoms. The van der Waals surface area contributed by atoms with Gasteiger partial charge < -0.3 is 9.80 Å². The van der Waals surface area contributed by atoms with Crippen molar-refractivity contribution < 1.29 is 9.18 Å². The molecule has 1 amide bonds. The Labute approximate surface area is 143 Å². The molecule has 23 heavy (non-hydrogen) atoms. The molecule has 1 aliphatic heterocycles. The molecule has 1 heterocycles. The summed E-state index contributed by atoms with van der Waals surface area (Å²) in [5.41, 5.74) is 1.62. The van der Waals surface area contributed by atoms with Gasteiger partial charge in [-0.15, -0.1) is 0 Å². The molecular formula is C18H18BrFN2O. The molecule has 1 saturated heterocycles. The van der Waals surface area contributed by atoms with Crippen LogP contribution in [0.3, 0.4) is 0 Å². The highest BCUT2D eigenvalue weighted by Crippen LogP contribution is 2.19. The molecule has 0 atom stereocenters. The maximum atomic E-state index is 13.8. The zero-order valence-electron chi connectivity index (χ0n) is 12.7. The minimum Gasteiger partial charge on any atom is -0.368 e. The van der Waals surface area contributed by atoms with Gasteiger partial charge in [-0.1, -0.05) is 34.1 Å². The number of para-hydroxylation sites is 1. The predicted octanol–water partition coefficient (Wildman–Crippen LogP) is 3.48. The molecular weight excluding hydrogens is 359 g/mol. The Hall–Kier alpha value is -1.88. The van der Waals surface area contributed by atoms with E-state index in [0.717, 1.165) is 17.6 Å². The van der Waals surface area contributed by atoms with Crippen molar-refractivity contribution in [1.29, 1.82) is 0 Å². The zero-order chi connectivity index (χ0) is 16.2. The number of carbonyl (C=O) groups excluding carboxylic acids is 1. The predicted molar refractivity (Wildman–Crippen MR) is 93.0 cm³/mol. The summed E-state index contributed by atoms with van der Waals surface area (Å²) in [4.78, 5) is 16.5. The molecule has 0 spiro atoms. The number of benzene rings is 2. The first kappa shape index (κ1) is 16.0. The Bertz CT molecular complexity index is 685. The number of nitrogens with zero attached hydrogens (tertiary/aromatic N) is 2. The Kier molecular flexibility index (Phi) is 4.96. The molecule has 0 N–H and O–H groups in total. The summed E-state index contributed by atoms with van der Waals surface area (Å²) < 4.78 is 14.6. The Morgan fingerprint density at radius 3 is 2.43 bits per heavy atom. The van der Waals surface area contributed by atoms with Crippen LogP contribution in [-0.4, -0.2) is 37.0 Å². The van der Waals surface area contributed by atoms with Crippen LogP contribution in [0, 0.1) is 5.82 Å². The number of piperazine rings is 1. The lowest BCUT2D eigenvalue weighted by atomic mass is 10.1. The van der Waals surface area contributed by atoms with Gasteiger partial charge in [0.1, 0.15) is 5.82 Å². The lowest BCUT2D eigenvalue weighted by Crippen LogP contribution is -2.49. The molecule has 0 unspecified atom stereocenters. The number of amides is 1. The largest absolute Gasteiger partial charge is 0.368 e. The second-order valence-electron chi connectivity index (χ2n) is 5.62. The fourth-order valence-electron chi connectivity index (χ4n) is 2.81. The van der Waals surface area contributed by atoms with Gasteiger partial charge in [-0.3, -0.25) is 4.79 Å². The highest BCUT2D eigenvalue weighted by Gasteiger charge is 2.22. The maximum absolute atomic E-state index is 13.8. The topological polar surface area (TPSA) is 23.6 Å². The highest BCUT2D eigenvalue weighted by molar-refractivity contribution is 9.10. The third kappa shape index (κ3) is 3.91. The average molecular weight is 377 g/mol. The zero-order valence-corrected chi connectivity index (χ0v) is 14.3. The third-order valence-electron chi connectivity index (χ3n) is 4.10. The van der Waals surface area contributed by atoms with Crippen molar-refractivity contribution in [3.8, 4) is 0 Å². The Balaban J connectivity index is 1.59. The summed E-state index contributed by atoms with van der Waals surface area (Å²) in [7, 11) is 0. The van der Waals surface area contributed by atoms with Crippen molar-refractivity contribution in [1.82, 2.24) is 4.90 Å². The van der Waals surface area contributed by atoms with E-state index in [1.165, 1.54) is 11.8 Å². The summed E-state index contributed by atoms with van der Waals surface area (Å²) in [6.07, 6.45) is 0.108. The van der Waals surface area contributed by atoms with Crippen molar-refractivity contribution >= 4 is 27.5 Å². The molecule has 0 aliphatic carbocycles. The van der Waals surface area contributed by atoms with Crippen LogP contribution < -0.4 is 4.90 Å². The van der Waals surface area contributed by atoms with Gasteiger partial charge in [-0.2, -0.15) is 0 Å². The Morgan fingerprint density at radius 1 is 1.04 bits per heavy atom. The minimum atomic E-state index is -0.329. The van der Waals surface area contributed by atoms with E-state index in [4.69, 9.17) is 0 Å². The lowest BCUT2D eigenvalue weighted by molar-refractivity contribution is -0.130. The molecule has 0 bridgehead atoms. The first-order valence-corrected chi connectivity index (χ1v) is 8.44. The normalized spacial score (nSPS) is 14.9. The van der Waals surface area contributed by atoms with Gasteiger partial charge >= 0.3 is 0 Å². The number of hydrogen-bond acceptors (Lipinski definition) is 2. The summed E-state index contributed by atoms with van der Waals surface area (Å²) >= 11 is 3.32. The average Bonchev–Trinajstić information content (AvgIpc) is 2.59. The fraction of sp³-hybridized carbons (Fsp3) is 0.278. The first-order valence-electron chi connectivity index (χ1n) is 7.65. The summed E-state index contributed by atoms with van der Waals surface area (Å²) in [6.45, 7) is 2.94. The summed E-state index contributed by atoms with van der Waals surface area (Å²) in [5.74, 6) is -0.348. The molecule has 0 saturated carbocycles. The van der Waals surface area contributed by atoms with E-state index in [2.05, 4.69) is 33.0 Å². The fourth-order valence-corrected chi connectivity index (χ4v) is 3.21. The van der Waals surface area contributed by atoms with Gasteiger partial charge in [0, 0.05) is 36.3 Å². The van der Waals surface area contributed by atoms with Crippen molar-refractivity contribution in [2.24, 2.45) is 0 Å². The quantitative estimate of drug-likeness (QED) is 0.818. The standard InChI is InChI=1S/C18H18BrFN2O/c19-15-6-7-17(20)14(12-15)13-18(23)22-10-8-21(9-11-22)16-4-2-1-3-5-16/h1-7,12H,8-11,13H2. The number of hydrogen-bond donors (Lipinski definition) is 0. The van der Waals surface area contributed by atoms with Crippen LogP contribution >= 0.6 is 15.9 Å². The van der Waals surface area contributed by atoms with Crippen LogP contribution in [0.25, 0.3) is 0 Å². The molecule has 0 aromatic heterocycles. The van der Waals surface area contributed by atoms with Crippen LogP contribution in [0.2, 0.25) is 0 Å². The van der Waals surface area contributed by atoms with E-state index >= 15 is 0 Å². The van der Waals surface area contributed by atoms with Gasteiger partial charge in [0.15, 0.2) is 0 Å². The van der Waals surface area contributed by atoms with Crippen LogP contribution in [0.4, 0.5) is 10.1 Å². The maximum Gasteiger partial charge on any atom is 0.227 e. The summed E-state index contributed by atoms with van der Waals surface area (Å²) in [6, 6.07) is 14.9. The van der Waals surface area contributed by atoms with Gasteiger partial charge in [-0.05, 0) is 35.9 Å². The van der Waals surface area contributed by atoms with Crippen molar-refractivity contribution in [2.75, 3.05) is 31.1 Å². The van der Waals surface area contributed by atoms with Crippen molar-refractivity contribution in [3.63, 3.8) is 0 Å². The second-order valence-corrected chi connectivity index (χ2v) is 6.53.